The lowest BCUT2D eigenvalue weighted by Gasteiger charge is -2.09. The number of ether oxygens (including phenoxy) is 3. The van der Waals surface area contributed by atoms with E-state index in [9.17, 15) is 18.0 Å². The molecule has 0 saturated heterocycles. The lowest BCUT2D eigenvalue weighted by Crippen LogP contribution is -2.16. The van der Waals surface area contributed by atoms with Gasteiger partial charge >= 0.3 is 12.3 Å². The van der Waals surface area contributed by atoms with Gasteiger partial charge in [0.15, 0.2) is 6.61 Å². The Morgan fingerprint density at radius 1 is 1.13 bits per heavy atom. The number of aromatic nitrogens is 1. The van der Waals surface area contributed by atoms with Gasteiger partial charge in [-0.2, -0.15) is 0 Å². The summed E-state index contributed by atoms with van der Waals surface area (Å²) in [5, 5.41) is 9.34. The average Bonchev–Trinajstić information content (AvgIpc) is 3.05. The van der Waals surface area contributed by atoms with Crippen LogP contribution in [0.2, 0.25) is 0 Å². The summed E-state index contributed by atoms with van der Waals surface area (Å²) in [6, 6.07) is 10.5. The molecule has 0 atom stereocenters. The normalized spacial score (nSPS) is 11.3. The molecule has 0 bridgehead atoms. The average molecular weight is 518 g/mol. The molecule has 1 heterocycles. The van der Waals surface area contributed by atoms with E-state index in [0.717, 1.165) is 10.4 Å². The van der Waals surface area contributed by atoms with E-state index in [0.29, 0.717) is 26.7 Å². The highest BCUT2D eigenvalue weighted by Gasteiger charge is 2.31. The predicted octanol–water partition coefficient (Wildman–Crippen LogP) is 5.82. The third-order valence-corrected chi connectivity index (χ3v) is 5.75. The molecular weight excluding hydrogens is 503 g/mol. The van der Waals surface area contributed by atoms with Crippen LogP contribution in [-0.2, 0) is 11.4 Å². The van der Waals surface area contributed by atoms with E-state index in [-0.39, 0.29) is 12.4 Å². The van der Waals surface area contributed by atoms with Crippen molar-refractivity contribution >= 4 is 33.2 Å². The Hall–Kier alpha value is -2.79. The van der Waals surface area contributed by atoms with Gasteiger partial charge in [0.1, 0.15) is 33.5 Å². The number of hydrogen-bond acceptors (Lipinski definition) is 6. The summed E-state index contributed by atoms with van der Waals surface area (Å²) in [6.45, 7) is 1.52. The zero-order chi connectivity index (χ0) is 22.6. The molecule has 1 N–H and O–H groups in total. The minimum absolute atomic E-state index is 0.174. The lowest BCUT2D eigenvalue weighted by molar-refractivity contribution is -0.274. The molecule has 11 heteroatoms. The molecule has 0 fully saturated rings. The van der Waals surface area contributed by atoms with Gasteiger partial charge in [-0.15, -0.1) is 24.5 Å². The molecule has 0 spiro atoms. The van der Waals surface area contributed by atoms with Crippen molar-refractivity contribution in [3.63, 3.8) is 0 Å². The van der Waals surface area contributed by atoms with E-state index in [2.05, 4.69) is 25.7 Å². The fraction of sp³-hybridized carbons (Fsp3) is 0.200. The first-order valence-electron chi connectivity index (χ1n) is 8.70. The molecule has 3 rings (SSSR count). The van der Waals surface area contributed by atoms with Crippen LogP contribution in [-0.4, -0.2) is 29.0 Å². The molecule has 3 aromatic rings. The van der Waals surface area contributed by atoms with Crippen LogP contribution >= 0.6 is 27.3 Å². The van der Waals surface area contributed by atoms with Gasteiger partial charge < -0.3 is 19.3 Å². The van der Waals surface area contributed by atoms with Crippen LogP contribution in [0.1, 0.15) is 10.6 Å². The number of thiazole rings is 1. The second kappa shape index (κ2) is 9.56. The Morgan fingerprint density at radius 2 is 1.81 bits per heavy atom. The van der Waals surface area contributed by atoms with Crippen molar-refractivity contribution in [2.75, 3.05) is 6.61 Å². The van der Waals surface area contributed by atoms with Crippen molar-refractivity contribution in [1.82, 2.24) is 4.98 Å². The summed E-state index contributed by atoms with van der Waals surface area (Å²) >= 11 is 4.70. The largest absolute Gasteiger partial charge is 0.573 e. The number of halogens is 4. The van der Waals surface area contributed by atoms with Gasteiger partial charge in [0.25, 0.3) is 0 Å². The minimum Gasteiger partial charge on any atom is -0.486 e. The summed E-state index contributed by atoms with van der Waals surface area (Å²) < 4.78 is 52.2. The SMILES string of the molecule is Cc1cc(OCc2nc(Br)c(-c3ccc(OC(F)(F)F)cc3)s2)ccc1OCC(=O)O. The number of hydrogen-bond donors (Lipinski definition) is 1. The quantitative estimate of drug-likeness (QED) is 0.405. The Labute approximate surface area is 187 Å². The zero-order valence-electron chi connectivity index (χ0n) is 15.9. The van der Waals surface area contributed by atoms with Crippen molar-refractivity contribution in [3.8, 4) is 27.7 Å². The van der Waals surface area contributed by atoms with Crippen LogP contribution in [0.25, 0.3) is 10.4 Å². The van der Waals surface area contributed by atoms with Gasteiger partial charge in [0.2, 0.25) is 0 Å². The number of aryl methyl sites for hydroxylation is 1. The zero-order valence-corrected chi connectivity index (χ0v) is 18.3. The van der Waals surface area contributed by atoms with Crippen molar-refractivity contribution in [2.45, 2.75) is 19.9 Å². The molecule has 0 aliphatic carbocycles. The summed E-state index contributed by atoms with van der Waals surface area (Å²) in [6.07, 6.45) is -4.74. The third kappa shape index (κ3) is 6.59. The van der Waals surface area contributed by atoms with Crippen LogP contribution in [0.5, 0.6) is 17.2 Å². The maximum Gasteiger partial charge on any atom is 0.573 e. The molecule has 31 heavy (non-hydrogen) atoms. The predicted molar refractivity (Wildman–Crippen MR) is 111 cm³/mol. The van der Waals surface area contributed by atoms with E-state index in [1.54, 1.807) is 25.1 Å². The summed E-state index contributed by atoms with van der Waals surface area (Å²) in [4.78, 5) is 15.7. The van der Waals surface area contributed by atoms with Gasteiger partial charge in [-0.25, -0.2) is 9.78 Å². The number of carbonyl (C=O) groups is 1. The van der Waals surface area contributed by atoms with Gasteiger partial charge in [-0.3, -0.25) is 0 Å². The van der Waals surface area contributed by atoms with E-state index in [4.69, 9.17) is 14.6 Å². The van der Waals surface area contributed by atoms with Gasteiger partial charge in [0, 0.05) is 0 Å². The fourth-order valence-corrected chi connectivity index (χ4v) is 4.23. The molecule has 0 aliphatic heterocycles. The number of benzene rings is 2. The van der Waals surface area contributed by atoms with Gasteiger partial charge in [-0.1, -0.05) is 0 Å². The summed E-state index contributed by atoms with van der Waals surface area (Å²) in [5.41, 5.74) is 1.40. The van der Waals surface area contributed by atoms with E-state index < -0.39 is 18.9 Å². The Morgan fingerprint density at radius 3 is 2.42 bits per heavy atom. The maximum atomic E-state index is 12.3. The van der Waals surface area contributed by atoms with Crippen molar-refractivity contribution < 1.29 is 37.3 Å². The fourth-order valence-electron chi connectivity index (χ4n) is 2.55. The van der Waals surface area contributed by atoms with Crippen LogP contribution < -0.4 is 14.2 Å². The molecule has 1 aromatic heterocycles. The summed E-state index contributed by atoms with van der Waals surface area (Å²) in [7, 11) is 0. The first-order chi connectivity index (χ1) is 14.6. The Bertz CT molecular complexity index is 1070. The highest BCUT2D eigenvalue weighted by molar-refractivity contribution is 9.10. The van der Waals surface area contributed by atoms with E-state index in [1.165, 1.54) is 35.6 Å². The second-order valence-electron chi connectivity index (χ2n) is 6.20. The van der Waals surface area contributed by atoms with E-state index in [1.807, 2.05) is 0 Å². The van der Waals surface area contributed by atoms with Crippen molar-refractivity contribution in [3.05, 3.63) is 57.6 Å². The number of carboxylic acid groups (broad SMARTS) is 1. The molecule has 0 radical (unpaired) electrons. The van der Waals surface area contributed by atoms with Crippen LogP contribution in [0, 0.1) is 6.92 Å². The van der Waals surface area contributed by atoms with Crippen LogP contribution in [0.3, 0.4) is 0 Å². The molecule has 164 valence electrons. The molecule has 0 unspecified atom stereocenters. The standard InChI is InChI=1S/C20H15BrF3NO5S/c1-11-8-14(6-7-15(11)29-10-17(26)27)28-9-16-25-19(21)18(31-16)12-2-4-13(5-3-12)30-20(22,23)24/h2-8H,9-10H2,1H3,(H,26,27). The first-order valence-corrected chi connectivity index (χ1v) is 10.3. The number of alkyl halides is 3. The maximum absolute atomic E-state index is 12.3. The van der Waals surface area contributed by atoms with Crippen LogP contribution in [0.15, 0.2) is 47.1 Å². The van der Waals surface area contributed by atoms with Gasteiger partial charge in [0.05, 0.1) is 4.88 Å². The van der Waals surface area contributed by atoms with E-state index >= 15 is 0 Å². The van der Waals surface area contributed by atoms with Gasteiger partial charge in [-0.05, 0) is 76.4 Å². The number of nitrogens with zero attached hydrogens (tertiary/aromatic N) is 1. The molecule has 0 aliphatic rings. The number of rotatable bonds is 8. The Balaban J connectivity index is 1.65. The minimum atomic E-state index is -4.74. The first kappa shape index (κ1) is 22.9. The number of aliphatic carboxylic acids is 1. The van der Waals surface area contributed by atoms with Crippen molar-refractivity contribution in [1.29, 1.82) is 0 Å². The monoisotopic (exact) mass is 517 g/mol. The molecule has 2 aromatic carbocycles. The summed E-state index contributed by atoms with van der Waals surface area (Å²) in [5.74, 6) is -0.354. The highest BCUT2D eigenvalue weighted by atomic mass is 79.9. The molecular formula is C20H15BrF3NO5S. The molecule has 0 saturated carbocycles. The Kier molecular flexibility index (Phi) is 7.06. The topological polar surface area (TPSA) is 77.9 Å². The number of carboxylic acids is 1. The molecule has 0 amide bonds. The van der Waals surface area contributed by atoms with Crippen LogP contribution in [0.4, 0.5) is 13.2 Å². The third-order valence-electron chi connectivity index (χ3n) is 3.84. The smallest absolute Gasteiger partial charge is 0.486 e. The molecule has 6 nitrogen and oxygen atoms in total. The second-order valence-corrected chi connectivity index (χ2v) is 8.03. The lowest BCUT2D eigenvalue weighted by atomic mass is 10.2. The highest BCUT2D eigenvalue weighted by Crippen LogP contribution is 2.36. The van der Waals surface area contributed by atoms with Crippen molar-refractivity contribution in [2.24, 2.45) is 0 Å².